The van der Waals surface area contributed by atoms with Crippen LogP contribution in [-0.2, 0) is 0 Å². The maximum atomic E-state index is 11.1. The van der Waals surface area contributed by atoms with Gasteiger partial charge in [0.05, 0.1) is 26.9 Å². The van der Waals surface area contributed by atoms with E-state index in [1.807, 2.05) is 0 Å². The molecule has 8 nitrogen and oxygen atoms in total. The number of hydrogen-bond donors (Lipinski definition) is 2. The van der Waals surface area contributed by atoms with Crippen molar-refractivity contribution in [1.29, 1.82) is 0 Å². The molecule has 1 aromatic heterocycles. The lowest BCUT2D eigenvalue weighted by atomic mass is 10.2. The molecule has 2 rings (SSSR count). The summed E-state index contributed by atoms with van der Waals surface area (Å²) in [5, 5.41) is 2.99. The number of anilines is 3. The normalized spacial score (nSPS) is 9.95. The highest BCUT2D eigenvalue weighted by Gasteiger charge is 2.15. The Balaban J connectivity index is 2.46. The number of hydrogen-bond acceptors (Lipinski definition) is 8. The van der Waals surface area contributed by atoms with Crippen LogP contribution in [0, 0.1) is 0 Å². The molecule has 8 heteroatoms. The van der Waals surface area contributed by atoms with E-state index in [0.29, 0.717) is 29.2 Å². The van der Waals surface area contributed by atoms with Gasteiger partial charge in [-0.25, -0.2) is 9.97 Å². The lowest BCUT2D eigenvalue weighted by molar-refractivity contribution is 0.112. The van der Waals surface area contributed by atoms with Gasteiger partial charge < -0.3 is 25.3 Å². The summed E-state index contributed by atoms with van der Waals surface area (Å²) < 4.78 is 15.8. The Morgan fingerprint density at radius 3 is 2.23 bits per heavy atom. The highest BCUT2D eigenvalue weighted by atomic mass is 16.5. The number of ether oxygens (including phenoxy) is 3. The van der Waals surface area contributed by atoms with Crippen molar-refractivity contribution in [3.63, 3.8) is 0 Å². The van der Waals surface area contributed by atoms with Gasteiger partial charge >= 0.3 is 0 Å². The second kappa shape index (κ2) is 6.61. The average Bonchev–Trinajstić information content (AvgIpc) is 2.54. The molecule has 0 aliphatic rings. The fourth-order valence-electron chi connectivity index (χ4n) is 1.91. The number of nitrogen functional groups attached to an aromatic ring is 1. The summed E-state index contributed by atoms with van der Waals surface area (Å²) in [6.07, 6.45) is 1.86. The summed E-state index contributed by atoms with van der Waals surface area (Å²) >= 11 is 0. The first-order valence-electron chi connectivity index (χ1n) is 6.27. The highest BCUT2D eigenvalue weighted by molar-refractivity contribution is 5.89. The first-order valence-corrected chi connectivity index (χ1v) is 6.27. The second-order valence-electron chi connectivity index (χ2n) is 4.18. The monoisotopic (exact) mass is 304 g/mol. The number of nitrogens with two attached hydrogens (primary N) is 1. The zero-order chi connectivity index (χ0) is 16.1. The minimum atomic E-state index is 0.0972. The molecule has 0 aliphatic carbocycles. The van der Waals surface area contributed by atoms with Crippen molar-refractivity contribution >= 4 is 23.6 Å². The van der Waals surface area contributed by atoms with Crippen molar-refractivity contribution in [2.24, 2.45) is 0 Å². The molecular weight excluding hydrogens is 288 g/mol. The molecule has 1 aromatic carbocycles. The van der Waals surface area contributed by atoms with Crippen LogP contribution < -0.4 is 25.3 Å². The van der Waals surface area contributed by atoms with Crippen molar-refractivity contribution in [2.75, 3.05) is 32.4 Å². The third-order valence-electron chi connectivity index (χ3n) is 2.96. The van der Waals surface area contributed by atoms with Crippen molar-refractivity contribution < 1.29 is 19.0 Å². The highest BCUT2D eigenvalue weighted by Crippen LogP contribution is 2.40. The second-order valence-corrected chi connectivity index (χ2v) is 4.18. The van der Waals surface area contributed by atoms with Gasteiger partial charge in [-0.05, 0) is 0 Å². The van der Waals surface area contributed by atoms with Crippen molar-refractivity contribution in [3.05, 3.63) is 24.0 Å². The topological polar surface area (TPSA) is 109 Å². The van der Waals surface area contributed by atoms with Crippen LogP contribution in [0.1, 0.15) is 10.4 Å². The number of nitrogens with zero attached hydrogens (tertiary/aromatic N) is 2. The van der Waals surface area contributed by atoms with Gasteiger partial charge in [0.15, 0.2) is 17.8 Å². The van der Waals surface area contributed by atoms with Gasteiger partial charge in [-0.3, -0.25) is 4.79 Å². The lowest BCUT2D eigenvalue weighted by Gasteiger charge is -2.15. The number of methoxy groups -OCH3 is 3. The van der Waals surface area contributed by atoms with Gasteiger partial charge in [0, 0.05) is 17.8 Å². The van der Waals surface area contributed by atoms with Crippen molar-refractivity contribution in [2.45, 2.75) is 0 Å². The van der Waals surface area contributed by atoms with Gasteiger partial charge in [0.1, 0.15) is 18.0 Å². The van der Waals surface area contributed by atoms with Gasteiger partial charge in [0.2, 0.25) is 5.75 Å². The molecule has 1 heterocycles. The number of aromatic nitrogens is 2. The van der Waals surface area contributed by atoms with E-state index in [1.54, 1.807) is 12.1 Å². The number of aldehydes is 1. The third kappa shape index (κ3) is 2.85. The minimum Gasteiger partial charge on any atom is -0.493 e. The standard InChI is InChI=1S/C14H16N4O4/c1-20-10-4-8(5-11(21-2)12(10)22-3)18-14-9(6-19)13(15)16-7-17-14/h4-7H,1-3H3,(H3,15,16,17,18). The van der Waals surface area contributed by atoms with E-state index in [-0.39, 0.29) is 17.2 Å². The van der Waals surface area contributed by atoms with Crippen LogP contribution in [0.5, 0.6) is 17.2 Å². The van der Waals surface area contributed by atoms with Crippen LogP contribution in [0.2, 0.25) is 0 Å². The molecule has 2 aromatic rings. The zero-order valence-electron chi connectivity index (χ0n) is 12.4. The van der Waals surface area contributed by atoms with E-state index in [9.17, 15) is 4.79 Å². The van der Waals surface area contributed by atoms with Crippen LogP contribution >= 0.6 is 0 Å². The Bertz CT molecular complexity index is 666. The van der Waals surface area contributed by atoms with Crippen LogP contribution in [-0.4, -0.2) is 37.6 Å². The van der Waals surface area contributed by atoms with Gasteiger partial charge in [-0.1, -0.05) is 0 Å². The van der Waals surface area contributed by atoms with Crippen LogP contribution in [0.3, 0.4) is 0 Å². The number of rotatable bonds is 6. The Hall–Kier alpha value is -3.03. The maximum Gasteiger partial charge on any atom is 0.203 e. The average molecular weight is 304 g/mol. The molecule has 0 fully saturated rings. The van der Waals surface area contributed by atoms with Crippen LogP contribution in [0.25, 0.3) is 0 Å². The summed E-state index contributed by atoms with van der Waals surface area (Å²) in [4.78, 5) is 18.9. The lowest BCUT2D eigenvalue weighted by Crippen LogP contribution is -2.05. The smallest absolute Gasteiger partial charge is 0.203 e. The summed E-state index contributed by atoms with van der Waals surface area (Å²) in [7, 11) is 4.55. The van der Waals surface area contributed by atoms with Gasteiger partial charge in [0.25, 0.3) is 0 Å². The minimum absolute atomic E-state index is 0.0972. The van der Waals surface area contributed by atoms with E-state index in [4.69, 9.17) is 19.9 Å². The summed E-state index contributed by atoms with van der Waals surface area (Å²) in [6, 6.07) is 3.38. The molecule has 22 heavy (non-hydrogen) atoms. The molecular formula is C14H16N4O4. The predicted octanol–water partition coefficient (Wildman–Crippen LogP) is 1.64. The third-order valence-corrected chi connectivity index (χ3v) is 2.96. The Morgan fingerprint density at radius 2 is 1.73 bits per heavy atom. The molecule has 0 unspecified atom stereocenters. The predicted molar refractivity (Wildman–Crippen MR) is 81.2 cm³/mol. The molecule has 0 atom stereocenters. The van der Waals surface area contributed by atoms with E-state index >= 15 is 0 Å². The Labute approximate surface area is 127 Å². The summed E-state index contributed by atoms with van der Waals surface area (Å²) in [5.41, 5.74) is 6.42. The van der Waals surface area contributed by atoms with E-state index < -0.39 is 0 Å². The van der Waals surface area contributed by atoms with Gasteiger partial charge in [-0.2, -0.15) is 0 Å². The molecule has 0 amide bonds. The quantitative estimate of drug-likeness (QED) is 0.775. The van der Waals surface area contributed by atoms with E-state index in [2.05, 4.69) is 15.3 Å². The molecule has 0 saturated carbocycles. The van der Waals surface area contributed by atoms with Crippen LogP contribution in [0.15, 0.2) is 18.5 Å². The first kappa shape index (κ1) is 15.4. The largest absolute Gasteiger partial charge is 0.493 e. The molecule has 116 valence electrons. The molecule has 0 bridgehead atoms. The SMILES string of the molecule is COc1cc(Nc2ncnc(N)c2C=O)cc(OC)c1OC. The summed E-state index contributed by atoms with van der Waals surface area (Å²) in [6.45, 7) is 0. The summed E-state index contributed by atoms with van der Waals surface area (Å²) in [5.74, 6) is 1.79. The molecule has 3 N–H and O–H groups in total. The molecule has 0 spiro atoms. The molecule has 0 radical (unpaired) electrons. The molecule has 0 saturated heterocycles. The van der Waals surface area contributed by atoms with E-state index in [1.165, 1.54) is 27.7 Å². The fourth-order valence-corrected chi connectivity index (χ4v) is 1.91. The fraction of sp³-hybridized carbons (Fsp3) is 0.214. The number of carbonyl (C=O) groups excluding carboxylic acids is 1. The molecule has 0 aliphatic heterocycles. The number of carbonyl (C=O) groups is 1. The van der Waals surface area contributed by atoms with E-state index in [0.717, 1.165) is 0 Å². The Morgan fingerprint density at radius 1 is 1.09 bits per heavy atom. The zero-order valence-corrected chi connectivity index (χ0v) is 12.4. The van der Waals surface area contributed by atoms with Gasteiger partial charge in [-0.15, -0.1) is 0 Å². The first-order chi connectivity index (χ1) is 10.6. The van der Waals surface area contributed by atoms with Crippen molar-refractivity contribution in [1.82, 2.24) is 9.97 Å². The number of nitrogens with one attached hydrogen (secondary N) is 1. The maximum absolute atomic E-state index is 11.1. The van der Waals surface area contributed by atoms with Crippen LogP contribution in [0.4, 0.5) is 17.3 Å². The van der Waals surface area contributed by atoms with Crippen molar-refractivity contribution in [3.8, 4) is 17.2 Å². The number of benzene rings is 1. The Kier molecular flexibility index (Phi) is 4.62.